The number of aromatic nitrogens is 2. The molecule has 2 aromatic rings. The molecule has 112 valence electrons. The quantitative estimate of drug-likeness (QED) is 0.567. The molecule has 0 aliphatic heterocycles. The molecule has 8 heteroatoms. The predicted octanol–water partition coefficient (Wildman–Crippen LogP) is 3.85. The number of ether oxygens (including phenoxy) is 1. The highest BCUT2D eigenvalue weighted by molar-refractivity contribution is 9.18. The average molecular weight is 377 g/mol. The Labute approximate surface area is 132 Å². The third-order valence-corrected chi connectivity index (χ3v) is 3.86. The molecule has 0 unspecified atom stereocenters. The SMILES string of the molecule is Cn1ccc(OCc2c(SC(F)F)cccc2C(=O)Br)n1. The third-order valence-electron chi connectivity index (χ3n) is 2.61. The lowest BCUT2D eigenvalue weighted by Crippen LogP contribution is -2.05. The van der Waals surface area contributed by atoms with Crippen LogP contribution in [-0.4, -0.2) is 20.2 Å². The monoisotopic (exact) mass is 376 g/mol. The highest BCUT2D eigenvalue weighted by Gasteiger charge is 2.17. The second kappa shape index (κ2) is 7.04. The Hall–Kier alpha value is -1.41. The lowest BCUT2D eigenvalue weighted by Gasteiger charge is -2.12. The van der Waals surface area contributed by atoms with Crippen molar-refractivity contribution in [3.8, 4) is 5.88 Å². The van der Waals surface area contributed by atoms with Gasteiger partial charge >= 0.3 is 0 Å². The molecule has 1 heterocycles. The molecule has 0 bridgehead atoms. The molecular weight excluding hydrogens is 366 g/mol. The van der Waals surface area contributed by atoms with E-state index in [1.54, 1.807) is 36.1 Å². The zero-order valence-corrected chi connectivity index (χ0v) is 13.3. The van der Waals surface area contributed by atoms with E-state index in [9.17, 15) is 13.6 Å². The molecule has 0 aliphatic rings. The number of nitrogens with zero attached hydrogens (tertiary/aromatic N) is 2. The summed E-state index contributed by atoms with van der Waals surface area (Å²) in [5.41, 5.74) is 0.715. The highest BCUT2D eigenvalue weighted by Crippen LogP contribution is 2.31. The zero-order valence-electron chi connectivity index (χ0n) is 10.9. The fourth-order valence-electron chi connectivity index (χ4n) is 1.72. The van der Waals surface area contributed by atoms with Crippen LogP contribution < -0.4 is 4.74 Å². The summed E-state index contributed by atoms with van der Waals surface area (Å²) in [5.74, 6) is -2.21. The minimum atomic E-state index is -2.57. The van der Waals surface area contributed by atoms with Crippen LogP contribution in [0.2, 0.25) is 0 Å². The molecule has 1 aromatic carbocycles. The van der Waals surface area contributed by atoms with Crippen molar-refractivity contribution in [2.24, 2.45) is 7.05 Å². The van der Waals surface area contributed by atoms with Crippen LogP contribution in [0.1, 0.15) is 15.9 Å². The third kappa shape index (κ3) is 4.28. The Morgan fingerprint density at radius 1 is 1.48 bits per heavy atom. The standard InChI is InChI=1S/C13H11BrF2N2O2S/c1-18-6-5-11(17-18)20-7-9-8(12(14)19)3-2-4-10(9)21-13(15)16/h2-6,13H,7H2,1H3. The molecule has 0 N–H and O–H groups in total. The van der Waals surface area contributed by atoms with E-state index in [2.05, 4.69) is 21.0 Å². The van der Waals surface area contributed by atoms with Gasteiger partial charge in [-0.25, -0.2) is 0 Å². The van der Waals surface area contributed by atoms with Gasteiger partial charge in [-0.05, 0) is 22.0 Å². The molecule has 0 radical (unpaired) electrons. The van der Waals surface area contributed by atoms with E-state index in [-0.39, 0.29) is 11.3 Å². The zero-order chi connectivity index (χ0) is 15.4. The smallest absolute Gasteiger partial charge is 0.288 e. The fourth-order valence-corrected chi connectivity index (χ4v) is 2.75. The number of carbonyl (C=O) groups excluding carboxylic acids is 1. The van der Waals surface area contributed by atoms with Gasteiger partial charge in [0.05, 0.1) is 0 Å². The maximum Gasteiger partial charge on any atom is 0.288 e. The summed E-state index contributed by atoms with van der Waals surface area (Å²) < 4.78 is 31.9. The topological polar surface area (TPSA) is 44.1 Å². The molecule has 2 rings (SSSR count). The summed E-state index contributed by atoms with van der Waals surface area (Å²) in [6, 6.07) is 6.30. The Kier molecular flexibility index (Phi) is 5.35. The van der Waals surface area contributed by atoms with Gasteiger partial charge < -0.3 is 4.74 Å². The van der Waals surface area contributed by atoms with Crippen molar-refractivity contribution in [1.29, 1.82) is 0 Å². The van der Waals surface area contributed by atoms with Crippen LogP contribution in [0.15, 0.2) is 35.4 Å². The van der Waals surface area contributed by atoms with Gasteiger partial charge in [0.25, 0.3) is 5.76 Å². The minimum Gasteiger partial charge on any atom is -0.472 e. The molecule has 0 atom stereocenters. The van der Waals surface area contributed by atoms with Gasteiger partial charge in [0.1, 0.15) is 6.61 Å². The number of benzene rings is 1. The molecule has 1 aromatic heterocycles. The van der Waals surface area contributed by atoms with E-state index < -0.39 is 5.76 Å². The number of thioether (sulfide) groups is 1. The van der Waals surface area contributed by atoms with Crippen LogP contribution >= 0.6 is 27.7 Å². The van der Waals surface area contributed by atoms with Gasteiger partial charge in [-0.3, -0.25) is 9.48 Å². The first kappa shape index (κ1) is 16.0. The number of rotatable bonds is 6. The summed E-state index contributed by atoms with van der Waals surface area (Å²) in [6.07, 6.45) is 1.70. The van der Waals surface area contributed by atoms with Crippen molar-refractivity contribution in [2.75, 3.05) is 0 Å². The molecule has 0 saturated carbocycles. The van der Waals surface area contributed by atoms with E-state index in [0.717, 1.165) is 0 Å². The number of carbonyl (C=O) groups is 1. The second-order valence-corrected chi connectivity index (χ2v) is 5.80. The van der Waals surface area contributed by atoms with Crippen LogP contribution in [0.5, 0.6) is 5.88 Å². The van der Waals surface area contributed by atoms with Crippen LogP contribution in [0.3, 0.4) is 0 Å². The van der Waals surface area contributed by atoms with Crippen molar-refractivity contribution in [2.45, 2.75) is 17.3 Å². The first-order chi connectivity index (χ1) is 9.97. The molecule has 0 saturated heterocycles. The summed E-state index contributed by atoms with van der Waals surface area (Å²) in [5, 5.41) is 4.03. The van der Waals surface area contributed by atoms with Crippen LogP contribution in [0, 0.1) is 0 Å². The number of aryl methyl sites for hydroxylation is 1. The first-order valence-corrected chi connectivity index (χ1v) is 7.53. The second-order valence-electron chi connectivity index (χ2n) is 4.05. The number of hydrogen-bond acceptors (Lipinski definition) is 4. The fraction of sp³-hybridized carbons (Fsp3) is 0.231. The van der Waals surface area contributed by atoms with Gasteiger partial charge in [0.15, 0.2) is 0 Å². The predicted molar refractivity (Wildman–Crippen MR) is 79.1 cm³/mol. The maximum atomic E-state index is 12.6. The van der Waals surface area contributed by atoms with Gasteiger partial charge in [-0.15, -0.1) is 5.10 Å². The van der Waals surface area contributed by atoms with Crippen molar-refractivity contribution in [1.82, 2.24) is 9.78 Å². The minimum absolute atomic E-state index is 0.0143. The molecule has 0 spiro atoms. The van der Waals surface area contributed by atoms with Gasteiger partial charge in [-0.1, -0.05) is 23.9 Å². The molecule has 4 nitrogen and oxygen atoms in total. The lowest BCUT2D eigenvalue weighted by molar-refractivity contribution is 0.109. The Balaban J connectivity index is 2.27. The van der Waals surface area contributed by atoms with E-state index in [0.29, 0.717) is 33.7 Å². The number of halogens is 3. The lowest BCUT2D eigenvalue weighted by atomic mass is 10.1. The van der Waals surface area contributed by atoms with Gasteiger partial charge in [-0.2, -0.15) is 8.78 Å². The van der Waals surface area contributed by atoms with Crippen molar-refractivity contribution in [3.05, 3.63) is 41.6 Å². The van der Waals surface area contributed by atoms with E-state index in [4.69, 9.17) is 4.74 Å². The number of hydrogen-bond donors (Lipinski definition) is 0. The first-order valence-electron chi connectivity index (χ1n) is 5.86. The van der Waals surface area contributed by atoms with Gasteiger partial charge in [0, 0.05) is 35.3 Å². The van der Waals surface area contributed by atoms with Crippen molar-refractivity contribution < 1.29 is 18.3 Å². The summed E-state index contributed by atoms with van der Waals surface area (Å²) >= 11 is 3.24. The molecular formula is C13H11BrF2N2O2S. The van der Waals surface area contributed by atoms with E-state index >= 15 is 0 Å². The Bertz CT molecular complexity index is 649. The summed E-state index contributed by atoms with van der Waals surface area (Å²) in [4.78, 5) is 11.9. The Morgan fingerprint density at radius 2 is 2.24 bits per heavy atom. The summed E-state index contributed by atoms with van der Waals surface area (Å²) in [6.45, 7) is -0.0143. The normalized spacial score (nSPS) is 10.9. The number of alkyl halides is 2. The van der Waals surface area contributed by atoms with Crippen molar-refractivity contribution in [3.63, 3.8) is 0 Å². The highest BCUT2D eigenvalue weighted by atomic mass is 79.9. The maximum absolute atomic E-state index is 12.6. The van der Waals surface area contributed by atoms with Crippen LogP contribution in [0.4, 0.5) is 8.78 Å². The molecule has 0 aliphatic carbocycles. The van der Waals surface area contributed by atoms with Crippen LogP contribution in [-0.2, 0) is 13.7 Å². The van der Waals surface area contributed by atoms with Crippen molar-refractivity contribution >= 4 is 32.4 Å². The van der Waals surface area contributed by atoms with Crippen LogP contribution in [0.25, 0.3) is 0 Å². The average Bonchev–Trinajstić information content (AvgIpc) is 2.82. The summed E-state index contributed by atoms with van der Waals surface area (Å²) in [7, 11) is 1.74. The molecule has 0 amide bonds. The van der Waals surface area contributed by atoms with E-state index in [1.807, 2.05) is 0 Å². The Morgan fingerprint density at radius 3 is 2.81 bits per heavy atom. The molecule has 0 fully saturated rings. The van der Waals surface area contributed by atoms with Gasteiger partial charge in [0.2, 0.25) is 10.6 Å². The molecule has 21 heavy (non-hydrogen) atoms. The largest absolute Gasteiger partial charge is 0.472 e. The van der Waals surface area contributed by atoms with E-state index in [1.165, 1.54) is 6.07 Å².